The lowest BCUT2D eigenvalue weighted by atomic mass is 9.84. The van der Waals surface area contributed by atoms with E-state index in [-0.39, 0.29) is 17.2 Å². The largest absolute Gasteiger partial charge is 0.497 e. The number of fused-ring (bicyclic) bond motifs is 1. The number of methoxy groups -OCH3 is 1. The van der Waals surface area contributed by atoms with E-state index in [1.807, 2.05) is 42.5 Å². The smallest absolute Gasteiger partial charge is 0.266 e. The first kappa shape index (κ1) is 22.2. The molecule has 3 atom stereocenters. The minimum absolute atomic E-state index is 0.0106. The number of hydrogen-bond acceptors (Lipinski definition) is 5. The number of ether oxygens (including phenoxy) is 1. The monoisotopic (exact) mass is 456 g/mol. The maximum Gasteiger partial charge on any atom is 0.266 e. The van der Waals surface area contributed by atoms with Crippen LogP contribution in [0.15, 0.2) is 78.9 Å². The van der Waals surface area contributed by atoms with Gasteiger partial charge in [0.1, 0.15) is 11.7 Å². The van der Waals surface area contributed by atoms with Gasteiger partial charge in [-0.25, -0.2) is 9.96 Å². The van der Waals surface area contributed by atoms with Gasteiger partial charge in [-0.3, -0.25) is 14.4 Å². The standard InChI is InChI=1S/C28H28N2O4/c1-28(2,3)19-12-10-18(11-13-19)24-23-25(34-30(24)21-8-6-5-7-9-21)27(32)29(26(23)31)20-14-16-22(33-4)17-15-20/h5-17,23-25H,1-4H3/t23-,24+,25-/m0/s1. The quantitative estimate of drug-likeness (QED) is 0.515. The first-order valence-electron chi connectivity index (χ1n) is 11.4. The van der Waals surface area contributed by atoms with Gasteiger partial charge in [0.15, 0.2) is 6.10 Å². The number of carbonyl (C=O) groups excluding carboxylic acids is 2. The van der Waals surface area contributed by atoms with Gasteiger partial charge in [-0.2, -0.15) is 0 Å². The molecule has 0 spiro atoms. The summed E-state index contributed by atoms with van der Waals surface area (Å²) in [7, 11) is 1.58. The number of benzene rings is 3. The number of para-hydroxylation sites is 1. The van der Waals surface area contributed by atoms with Crippen LogP contribution in [-0.4, -0.2) is 25.0 Å². The zero-order valence-corrected chi connectivity index (χ0v) is 19.8. The fraction of sp³-hybridized carbons (Fsp3) is 0.286. The van der Waals surface area contributed by atoms with Crippen molar-refractivity contribution in [1.82, 2.24) is 0 Å². The topological polar surface area (TPSA) is 59.1 Å². The SMILES string of the molecule is COc1ccc(N2C(=O)[C@@H]3[C@H](ON(c4ccccc4)[C@@H]3c3ccc(C(C)(C)C)cc3)C2=O)cc1. The molecule has 0 radical (unpaired) electrons. The third-order valence-corrected chi connectivity index (χ3v) is 6.57. The Morgan fingerprint density at radius 1 is 0.794 bits per heavy atom. The summed E-state index contributed by atoms with van der Waals surface area (Å²) in [6.07, 6.45) is -0.887. The lowest BCUT2D eigenvalue weighted by Gasteiger charge is -2.29. The molecule has 3 aromatic rings. The average molecular weight is 457 g/mol. The van der Waals surface area contributed by atoms with Crippen LogP contribution in [0.2, 0.25) is 0 Å². The Hall–Kier alpha value is -3.64. The highest BCUT2D eigenvalue weighted by atomic mass is 16.7. The Kier molecular flexibility index (Phi) is 5.41. The van der Waals surface area contributed by atoms with E-state index in [1.165, 1.54) is 10.5 Å². The highest BCUT2D eigenvalue weighted by molar-refractivity contribution is 6.23. The fourth-order valence-electron chi connectivity index (χ4n) is 4.72. The molecule has 2 fully saturated rings. The molecule has 6 nitrogen and oxygen atoms in total. The van der Waals surface area contributed by atoms with Crippen LogP contribution in [0.1, 0.15) is 37.9 Å². The van der Waals surface area contributed by atoms with Gasteiger partial charge >= 0.3 is 0 Å². The summed E-state index contributed by atoms with van der Waals surface area (Å²) in [6, 6.07) is 24.4. The zero-order chi connectivity index (χ0) is 24.0. The second kappa shape index (κ2) is 8.29. The maximum absolute atomic E-state index is 13.7. The van der Waals surface area contributed by atoms with Gasteiger partial charge in [0.2, 0.25) is 5.91 Å². The molecule has 174 valence electrons. The van der Waals surface area contributed by atoms with Crippen molar-refractivity contribution in [3.63, 3.8) is 0 Å². The number of hydrogen-bond donors (Lipinski definition) is 0. The van der Waals surface area contributed by atoms with Crippen LogP contribution in [0.25, 0.3) is 0 Å². The van der Waals surface area contributed by atoms with Crippen molar-refractivity contribution in [2.75, 3.05) is 17.1 Å². The minimum atomic E-state index is -0.887. The van der Waals surface area contributed by atoms with Gasteiger partial charge in [-0.05, 0) is 52.9 Å². The number of hydroxylamine groups is 1. The number of imide groups is 1. The van der Waals surface area contributed by atoms with E-state index in [9.17, 15) is 9.59 Å². The molecule has 6 heteroatoms. The minimum Gasteiger partial charge on any atom is -0.497 e. The van der Waals surface area contributed by atoms with Gasteiger partial charge in [0, 0.05) is 0 Å². The van der Waals surface area contributed by atoms with Crippen LogP contribution in [0.5, 0.6) is 5.75 Å². The van der Waals surface area contributed by atoms with Crippen molar-refractivity contribution < 1.29 is 19.2 Å². The summed E-state index contributed by atoms with van der Waals surface area (Å²) < 4.78 is 5.21. The summed E-state index contributed by atoms with van der Waals surface area (Å²) in [5, 5.41) is 1.72. The van der Waals surface area contributed by atoms with Crippen LogP contribution in [-0.2, 0) is 19.8 Å². The zero-order valence-electron chi connectivity index (χ0n) is 19.8. The highest BCUT2D eigenvalue weighted by Crippen LogP contribution is 2.47. The van der Waals surface area contributed by atoms with Crippen LogP contribution in [0.4, 0.5) is 11.4 Å². The molecule has 2 heterocycles. The molecule has 2 amide bonds. The molecule has 2 aliphatic heterocycles. The first-order valence-corrected chi connectivity index (χ1v) is 11.4. The predicted molar refractivity (Wildman–Crippen MR) is 131 cm³/mol. The van der Waals surface area contributed by atoms with E-state index in [0.29, 0.717) is 11.4 Å². The van der Waals surface area contributed by atoms with Crippen molar-refractivity contribution in [2.24, 2.45) is 5.92 Å². The molecule has 0 N–H and O–H groups in total. The van der Waals surface area contributed by atoms with Gasteiger partial charge in [-0.15, -0.1) is 0 Å². The third-order valence-electron chi connectivity index (χ3n) is 6.57. The molecule has 0 bridgehead atoms. The molecule has 0 unspecified atom stereocenters. The summed E-state index contributed by atoms with van der Waals surface area (Å²) in [6.45, 7) is 6.50. The van der Waals surface area contributed by atoms with Gasteiger partial charge in [0.25, 0.3) is 5.91 Å². The van der Waals surface area contributed by atoms with Crippen molar-refractivity contribution in [3.8, 4) is 5.75 Å². The van der Waals surface area contributed by atoms with E-state index in [4.69, 9.17) is 9.57 Å². The van der Waals surface area contributed by atoms with Crippen molar-refractivity contribution in [2.45, 2.75) is 38.3 Å². The number of amides is 2. The number of nitrogens with zero attached hydrogens (tertiary/aromatic N) is 2. The van der Waals surface area contributed by atoms with E-state index in [2.05, 4.69) is 32.9 Å². The molecular weight excluding hydrogens is 428 g/mol. The van der Waals surface area contributed by atoms with Gasteiger partial charge in [0.05, 0.1) is 24.5 Å². The Morgan fingerprint density at radius 3 is 2.03 bits per heavy atom. The van der Waals surface area contributed by atoms with E-state index in [0.717, 1.165) is 11.3 Å². The molecule has 3 aromatic carbocycles. The first-order chi connectivity index (χ1) is 16.3. The number of carbonyl (C=O) groups is 2. The Balaban J connectivity index is 1.55. The van der Waals surface area contributed by atoms with Crippen molar-refractivity contribution in [1.29, 1.82) is 0 Å². The fourth-order valence-corrected chi connectivity index (χ4v) is 4.72. The second-order valence-corrected chi connectivity index (χ2v) is 9.74. The van der Waals surface area contributed by atoms with Crippen LogP contribution in [0.3, 0.4) is 0 Å². The normalized spacial score (nSPS) is 22.3. The molecule has 5 rings (SSSR count). The van der Waals surface area contributed by atoms with Gasteiger partial charge in [-0.1, -0.05) is 63.2 Å². The number of anilines is 2. The maximum atomic E-state index is 13.7. The molecular formula is C28H28N2O4. The summed E-state index contributed by atoms with van der Waals surface area (Å²) in [5.74, 6) is -0.611. The highest BCUT2D eigenvalue weighted by Gasteiger charge is 2.60. The summed E-state index contributed by atoms with van der Waals surface area (Å²) >= 11 is 0. The molecule has 0 aromatic heterocycles. The van der Waals surface area contributed by atoms with Crippen molar-refractivity contribution >= 4 is 23.2 Å². The Labute approximate surface area is 199 Å². The van der Waals surface area contributed by atoms with Crippen LogP contribution >= 0.6 is 0 Å². The van der Waals surface area contributed by atoms with Crippen LogP contribution < -0.4 is 14.7 Å². The molecule has 0 saturated carbocycles. The van der Waals surface area contributed by atoms with Crippen molar-refractivity contribution in [3.05, 3.63) is 90.0 Å². The van der Waals surface area contributed by atoms with Crippen LogP contribution in [0, 0.1) is 5.92 Å². The molecule has 2 aliphatic rings. The van der Waals surface area contributed by atoms with Gasteiger partial charge < -0.3 is 4.74 Å². The Bertz CT molecular complexity index is 1200. The average Bonchev–Trinajstić information content (AvgIpc) is 3.35. The molecule has 0 aliphatic carbocycles. The summed E-state index contributed by atoms with van der Waals surface area (Å²) in [4.78, 5) is 34.6. The summed E-state index contributed by atoms with van der Waals surface area (Å²) in [5.41, 5.74) is 3.46. The predicted octanol–water partition coefficient (Wildman–Crippen LogP) is 5.04. The molecule has 2 saturated heterocycles. The van der Waals surface area contributed by atoms with E-state index >= 15 is 0 Å². The third kappa shape index (κ3) is 3.64. The number of rotatable bonds is 4. The lowest BCUT2D eigenvalue weighted by molar-refractivity contribution is -0.126. The lowest BCUT2D eigenvalue weighted by Crippen LogP contribution is -2.37. The second-order valence-electron chi connectivity index (χ2n) is 9.74. The molecule has 34 heavy (non-hydrogen) atoms. The Morgan fingerprint density at radius 2 is 1.44 bits per heavy atom. The van der Waals surface area contributed by atoms with E-state index in [1.54, 1.807) is 36.4 Å². The van der Waals surface area contributed by atoms with E-state index < -0.39 is 18.1 Å².